The number of hydrogen-bond donors (Lipinski definition) is 3. The van der Waals surface area contributed by atoms with Gasteiger partial charge in [-0.25, -0.2) is 18.1 Å². The van der Waals surface area contributed by atoms with Crippen molar-refractivity contribution in [1.29, 1.82) is 0 Å². The first kappa shape index (κ1) is 29.7. The van der Waals surface area contributed by atoms with Crippen LogP contribution in [0.4, 0.5) is 29.3 Å². The van der Waals surface area contributed by atoms with Crippen LogP contribution in [-0.4, -0.2) is 72.0 Å². The maximum atomic E-state index is 14.1. The number of halogens is 3. The van der Waals surface area contributed by atoms with E-state index in [0.29, 0.717) is 0 Å². The summed E-state index contributed by atoms with van der Waals surface area (Å²) < 4.78 is 62.9. The molecule has 4 unspecified atom stereocenters. The lowest BCUT2D eigenvalue weighted by Crippen LogP contribution is -2.66. The van der Waals surface area contributed by atoms with Crippen molar-refractivity contribution in [3.8, 4) is 5.75 Å². The van der Waals surface area contributed by atoms with Gasteiger partial charge in [0.2, 0.25) is 0 Å². The highest BCUT2D eigenvalue weighted by Gasteiger charge is 2.43. The van der Waals surface area contributed by atoms with Gasteiger partial charge in [-0.2, -0.15) is 0 Å². The minimum Gasteiger partial charge on any atom is -0.406 e. The van der Waals surface area contributed by atoms with Gasteiger partial charge in [0.15, 0.2) is 0 Å². The first-order valence-electron chi connectivity index (χ1n) is 13.4. The van der Waals surface area contributed by atoms with Gasteiger partial charge in [-0.15, -0.1) is 13.2 Å². The number of alkyl halides is 3. The number of carbonyl (C=O) groups excluding carboxylic acids is 1. The van der Waals surface area contributed by atoms with Crippen LogP contribution in [0.5, 0.6) is 5.75 Å². The number of carbonyl (C=O) groups is 1. The van der Waals surface area contributed by atoms with Crippen molar-refractivity contribution in [2.75, 3.05) is 32.1 Å². The molecular formula is C29H32F3N5O4S. The number of fused-ring (bicyclic) bond motifs is 2. The number of amides is 2. The van der Waals surface area contributed by atoms with Crippen LogP contribution < -0.4 is 19.7 Å². The number of urea groups is 1. The fourth-order valence-electron chi connectivity index (χ4n) is 5.62. The number of nitrogens with one attached hydrogen (secondary N) is 2. The first-order valence-corrected chi connectivity index (χ1v) is 14.9. The zero-order chi connectivity index (χ0) is 30.1. The lowest BCUT2D eigenvalue weighted by Gasteiger charge is -2.47. The molecule has 0 radical (unpaired) electrons. The minimum atomic E-state index is -4.87. The molecule has 13 heteroatoms. The Morgan fingerprint density at radius 1 is 0.976 bits per heavy atom. The van der Waals surface area contributed by atoms with Crippen molar-refractivity contribution >= 4 is 27.3 Å². The molecular weight excluding hydrogens is 571 g/mol. The Morgan fingerprint density at radius 3 is 2.07 bits per heavy atom. The summed E-state index contributed by atoms with van der Waals surface area (Å²) in [6, 6.07) is 18.5. The summed E-state index contributed by atoms with van der Waals surface area (Å²) in [5, 5.41) is 14.5. The van der Waals surface area contributed by atoms with E-state index in [1.807, 2.05) is 48.5 Å². The Kier molecular flexibility index (Phi) is 8.35. The van der Waals surface area contributed by atoms with Crippen LogP contribution in [-0.2, 0) is 22.8 Å². The Labute approximate surface area is 242 Å². The minimum absolute atomic E-state index is 0.0102. The highest BCUT2D eigenvalue weighted by Crippen LogP contribution is 2.39. The topological polar surface area (TPSA) is 106 Å². The second-order valence-corrected chi connectivity index (χ2v) is 12.2. The van der Waals surface area contributed by atoms with Crippen LogP contribution in [0.15, 0.2) is 82.1 Å². The van der Waals surface area contributed by atoms with E-state index in [-0.39, 0.29) is 24.0 Å². The number of piperidine rings is 1. The van der Waals surface area contributed by atoms with E-state index in [2.05, 4.69) is 24.0 Å². The number of rotatable bonds is 5. The number of hydrogen-bond acceptors (Lipinski definition) is 6. The van der Waals surface area contributed by atoms with E-state index in [4.69, 9.17) is 0 Å². The summed E-state index contributed by atoms with van der Waals surface area (Å²) >= 11 is 0. The number of aryl methyl sites for hydroxylation is 2. The molecule has 5 rings (SSSR count). The number of aliphatic hydroxyl groups excluding tert-OH is 1. The summed E-state index contributed by atoms with van der Waals surface area (Å²) in [5.41, 5.74) is 4.00. The monoisotopic (exact) mass is 603 g/mol. The number of ether oxygens (including phenoxy) is 1. The van der Waals surface area contributed by atoms with Gasteiger partial charge in [-0.1, -0.05) is 36.4 Å². The molecule has 3 N–H and O–H groups in total. The number of benzene rings is 3. The van der Waals surface area contributed by atoms with Crippen molar-refractivity contribution in [2.24, 2.45) is 4.36 Å². The second-order valence-electron chi connectivity index (χ2n) is 10.1. The fraction of sp³-hybridized carbons (Fsp3) is 0.345. The maximum absolute atomic E-state index is 14.1. The molecule has 0 bridgehead atoms. The van der Waals surface area contributed by atoms with Crippen molar-refractivity contribution < 1.29 is 32.0 Å². The van der Waals surface area contributed by atoms with Crippen molar-refractivity contribution in [3.05, 3.63) is 83.9 Å². The van der Waals surface area contributed by atoms with E-state index in [9.17, 15) is 27.3 Å². The summed E-state index contributed by atoms with van der Waals surface area (Å²) in [6.45, 7) is 0.186. The van der Waals surface area contributed by atoms with Crippen LogP contribution in [0.2, 0.25) is 0 Å². The van der Waals surface area contributed by atoms with Gasteiger partial charge in [0.25, 0.3) is 0 Å². The number of nitrogens with zero attached hydrogens (tertiary/aromatic N) is 3. The molecule has 0 aliphatic carbocycles. The third-order valence-corrected chi connectivity index (χ3v) is 9.62. The lowest BCUT2D eigenvalue weighted by atomic mass is 9.94. The predicted molar refractivity (Wildman–Crippen MR) is 153 cm³/mol. The molecule has 3 aromatic rings. The summed E-state index contributed by atoms with van der Waals surface area (Å²) in [5.74, 6) is -0.467. The Bertz CT molecular complexity index is 1510. The van der Waals surface area contributed by atoms with Crippen LogP contribution in [0.25, 0.3) is 0 Å². The number of anilines is 2. The molecule has 0 aromatic heterocycles. The van der Waals surface area contributed by atoms with Gasteiger partial charge in [0.05, 0.1) is 23.1 Å². The Morgan fingerprint density at radius 2 is 1.55 bits per heavy atom. The Hall–Kier alpha value is -3.81. The standard InChI is InChI=1S/C29H32F3N5O4S/c1-33-28(39)36-17-23(35-42(40,34-2)22-15-13-21(14-16-22)41-29(30,31)32)27(38)26(18-36)37-24-9-5-3-7-19(24)11-12-20-8-4-6-10-25(20)37/h3-10,13-16,23,26-27,38H,11-12,17-18H2,1-2H3,(H,33,39)(H,34,35,40). The van der Waals surface area contributed by atoms with Crippen molar-refractivity contribution in [1.82, 2.24) is 14.9 Å². The van der Waals surface area contributed by atoms with E-state index in [1.54, 1.807) is 4.90 Å². The van der Waals surface area contributed by atoms with Crippen LogP contribution in [0.1, 0.15) is 11.1 Å². The summed E-state index contributed by atoms with van der Waals surface area (Å²) in [4.78, 5) is 16.7. The smallest absolute Gasteiger partial charge is 0.406 e. The quantitative estimate of drug-likeness (QED) is 0.405. The first-order chi connectivity index (χ1) is 20.0. The van der Waals surface area contributed by atoms with Gasteiger partial charge >= 0.3 is 12.4 Å². The molecule has 0 saturated carbocycles. The predicted octanol–water partition coefficient (Wildman–Crippen LogP) is 4.24. The van der Waals surface area contributed by atoms with Gasteiger partial charge in [-0.3, -0.25) is 0 Å². The molecule has 2 heterocycles. The molecule has 2 aliphatic rings. The highest BCUT2D eigenvalue weighted by atomic mass is 32.2. The molecule has 1 fully saturated rings. The van der Waals surface area contributed by atoms with Crippen LogP contribution in [0.3, 0.4) is 0 Å². The van der Waals surface area contributed by atoms with Crippen molar-refractivity contribution in [2.45, 2.75) is 42.3 Å². The van der Waals surface area contributed by atoms with Gasteiger partial charge in [0, 0.05) is 38.6 Å². The third-order valence-electron chi connectivity index (χ3n) is 7.57. The summed E-state index contributed by atoms with van der Waals surface area (Å²) in [6.07, 6.45) is -4.40. The molecule has 0 spiro atoms. The lowest BCUT2D eigenvalue weighted by molar-refractivity contribution is -0.274. The normalized spacial score (nSPS) is 21.8. The van der Waals surface area contributed by atoms with Gasteiger partial charge in [0.1, 0.15) is 15.7 Å². The third kappa shape index (κ3) is 6.03. The van der Waals surface area contributed by atoms with Gasteiger partial charge in [-0.05, 0) is 60.4 Å². The zero-order valence-corrected chi connectivity index (χ0v) is 23.9. The SMILES string of the molecule is CN=S(=O)(NC1CN(C(=O)NC)CC(N2c3ccccc3CCc3ccccc32)C1O)c1ccc(OC(F)(F)F)cc1. The molecule has 9 nitrogen and oxygen atoms in total. The van der Waals surface area contributed by atoms with E-state index < -0.39 is 40.2 Å². The molecule has 2 aliphatic heterocycles. The highest BCUT2D eigenvalue weighted by molar-refractivity contribution is 7.91. The molecule has 42 heavy (non-hydrogen) atoms. The number of likely N-dealkylation sites (tertiary alicyclic amines) is 1. The van der Waals surface area contributed by atoms with Crippen LogP contribution >= 0.6 is 0 Å². The second kappa shape index (κ2) is 11.8. The fourth-order valence-corrected chi connectivity index (χ4v) is 7.20. The molecule has 2 amide bonds. The van der Waals surface area contributed by atoms with Crippen LogP contribution in [0, 0.1) is 0 Å². The van der Waals surface area contributed by atoms with E-state index >= 15 is 0 Å². The van der Waals surface area contributed by atoms with E-state index in [0.717, 1.165) is 47.5 Å². The average molecular weight is 604 g/mol. The molecule has 4 atom stereocenters. The zero-order valence-electron chi connectivity index (χ0n) is 23.0. The average Bonchev–Trinajstić information content (AvgIpc) is 3.14. The van der Waals surface area contributed by atoms with Crippen molar-refractivity contribution in [3.63, 3.8) is 0 Å². The molecule has 224 valence electrons. The number of para-hydroxylation sites is 2. The van der Waals surface area contributed by atoms with E-state index in [1.165, 1.54) is 26.2 Å². The molecule has 3 aromatic carbocycles. The largest absolute Gasteiger partial charge is 0.573 e. The Balaban J connectivity index is 1.53. The maximum Gasteiger partial charge on any atom is 0.573 e. The summed E-state index contributed by atoms with van der Waals surface area (Å²) in [7, 11) is -0.606. The number of aliphatic hydroxyl groups is 1. The molecule has 1 saturated heterocycles. The van der Waals surface area contributed by atoms with Gasteiger partial charge < -0.3 is 25.0 Å².